The highest BCUT2D eigenvalue weighted by Gasteiger charge is 2.39. The van der Waals surface area contributed by atoms with E-state index >= 15 is 0 Å². The smallest absolute Gasteiger partial charge is 0.146 e. The van der Waals surface area contributed by atoms with Crippen LogP contribution in [0.2, 0.25) is 0 Å². The standard InChI is InChI=1S/C78H64N2O3/c1-75(2,3)45-27-31-47(32-28-45)79(49-35-37-53-51-19-11-15-23-60(51)77(7,8)62(53)41-49)64-43-58-55-39-40-81-72(55)59-44-65(69-57-22-14-18-26-67(57)83-74(69)71(59)70(58)73-68(64)56-21-13-17-25-66(56)82-73)80(48-33-29-46(30-34-48)76(4,5)6)50-36-38-54-52-20-12-16-24-61(52)78(9,10)63(54)42-50/h11-44H,1-10H3. The van der Waals surface area contributed by atoms with E-state index in [1.165, 1.54) is 55.6 Å². The summed E-state index contributed by atoms with van der Waals surface area (Å²) in [4.78, 5) is 4.91. The van der Waals surface area contributed by atoms with Crippen LogP contribution in [0, 0.1) is 0 Å². The second-order valence-electron chi connectivity index (χ2n) is 26.5. The predicted octanol–water partition coefficient (Wildman–Crippen LogP) is 22.7. The number of para-hydroxylation sites is 2. The van der Waals surface area contributed by atoms with E-state index in [-0.39, 0.29) is 21.7 Å². The minimum absolute atomic E-state index is 0.0297. The Bertz CT molecular complexity index is 4730. The molecule has 5 heteroatoms. The summed E-state index contributed by atoms with van der Waals surface area (Å²) in [6.07, 6.45) is 1.85. The van der Waals surface area contributed by atoms with Crippen LogP contribution in [0.5, 0.6) is 0 Å². The first kappa shape index (κ1) is 49.5. The lowest BCUT2D eigenvalue weighted by molar-refractivity contribution is 0.590. The van der Waals surface area contributed by atoms with E-state index in [1.54, 1.807) is 0 Å². The summed E-state index contributed by atoms with van der Waals surface area (Å²) < 4.78 is 21.7. The average Bonchev–Trinajstić information content (AvgIpc) is 1.79. The Kier molecular flexibility index (Phi) is 10.2. The minimum atomic E-state index is -0.213. The van der Waals surface area contributed by atoms with Gasteiger partial charge in [-0.15, -0.1) is 0 Å². The third-order valence-electron chi connectivity index (χ3n) is 18.8. The maximum Gasteiger partial charge on any atom is 0.146 e. The second kappa shape index (κ2) is 17.1. The average molecular weight is 1080 g/mol. The van der Waals surface area contributed by atoms with E-state index in [2.05, 4.69) is 279 Å². The van der Waals surface area contributed by atoms with E-state index in [0.29, 0.717) is 0 Å². The molecule has 0 fully saturated rings. The first-order valence-electron chi connectivity index (χ1n) is 29.3. The van der Waals surface area contributed by atoms with Crippen LogP contribution in [-0.2, 0) is 21.7 Å². The molecule has 0 unspecified atom stereocenters. The number of hydrogen-bond acceptors (Lipinski definition) is 5. The van der Waals surface area contributed by atoms with Crippen molar-refractivity contribution in [2.24, 2.45) is 0 Å². The van der Waals surface area contributed by atoms with Gasteiger partial charge in [0.2, 0.25) is 0 Å². The molecule has 0 N–H and O–H groups in total. The molecular formula is C78H64N2O3. The second-order valence-corrected chi connectivity index (χ2v) is 26.5. The maximum atomic E-state index is 7.43. The van der Waals surface area contributed by atoms with E-state index in [4.69, 9.17) is 13.3 Å². The van der Waals surface area contributed by atoms with Crippen LogP contribution in [-0.4, -0.2) is 0 Å². The van der Waals surface area contributed by atoms with Gasteiger partial charge in [-0.2, -0.15) is 0 Å². The Balaban J connectivity index is 1.02. The Labute approximate surface area is 484 Å². The lowest BCUT2D eigenvalue weighted by atomic mass is 9.82. The lowest BCUT2D eigenvalue weighted by Crippen LogP contribution is -2.17. The van der Waals surface area contributed by atoms with Gasteiger partial charge in [-0.1, -0.05) is 191 Å². The third-order valence-corrected chi connectivity index (χ3v) is 18.8. The number of fused-ring (bicyclic) bond motifs is 20. The molecule has 0 atom stereocenters. The molecule has 14 aromatic rings. The molecular weight excluding hydrogens is 1010 g/mol. The quantitative estimate of drug-likeness (QED) is 0.155. The van der Waals surface area contributed by atoms with Crippen molar-refractivity contribution in [2.75, 3.05) is 9.80 Å². The Morgan fingerprint density at radius 1 is 0.325 bits per heavy atom. The fraction of sp³-hybridized carbons (Fsp3) is 0.179. The summed E-state index contributed by atoms with van der Waals surface area (Å²) in [5, 5.41) is 8.96. The van der Waals surface area contributed by atoms with Gasteiger partial charge in [0.25, 0.3) is 0 Å². The van der Waals surface area contributed by atoms with Gasteiger partial charge >= 0.3 is 0 Å². The SMILES string of the molecule is CC(C)(C)c1ccc(N(c2ccc3c(c2)C(C)(C)c2ccccc2-3)c2cc3c4ccoc4c4cc(N(c5ccc(C(C)(C)C)cc5)c5ccc6c(c5)C(C)(C)c5ccccc5-6)c5c6ccccc6oc5c4c3c3oc4ccccc4c23)cc1. The predicted molar refractivity (Wildman–Crippen MR) is 348 cm³/mol. The summed E-state index contributed by atoms with van der Waals surface area (Å²) in [7, 11) is 0. The molecule has 404 valence electrons. The van der Waals surface area contributed by atoms with Crippen molar-refractivity contribution >= 4 is 111 Å². The summed E-state index contributed by atoms with van der Waals surface area (Å²) >= 11 is 0. The zero-order valence-electron chi connectivity index (χ0n) is 48.7. The number of furan rings is 3. The third kappa shape index (κ3) is 7.07. The number of benzene rings is 11. The highest BCUT2D eigenvalue weighted by atomic mass is 16.3. The number of rotatable bonds is 6. The molecule has 11 aromatic carbocycles. The molecule has 0 aliphatic heterocycles. The van der Waals surface area contributed by atoms with Crippen molar-refractivity contribution in [1.29, 1.82) is 0 Å². The first-order chi connectivity index (χ1) is 39.9. The monoisotopic (exact) mass is 1080 g/mol. The molecule has 0 amide bonds. The van der Waals surface area contributed by atoms with Crippen LogP contribution in [0.4, 0.5) is 34.1 Å². The van der Waals surface area contributed by atoms with Gasteiger partial charge in [0.1, 0.15) is 27.9 Å². The fourth-order valence-electron chi connectivity index (χ4n) is 14.5. The Hall–Kier alpha value is -9.32. The molecule has 2 aliphatic rings. The summed E-state index contributed by atoms with van der Waals surface area (Å²) in [6, 6.07) is 74.2. The maximum absolute atomic E-state index is 7.43. The van der Waals surface area contributed by atoms with Gasteiger partial charge in [0, 0.05) is 65.9 Å². The van der Waals surface area contributed by atoms with Gasteiger partial charge in [-0.25, -0.2) is 0 Å². The number of hydrogen-bond donors (Lipinski definition) is 0. The van der Waals surface area contributed by atoms with E-state index in [9.17, 15) is 0 Å². The van der Waals surface area contributed by atoms with Gasteiger partial charge in [-0.3, -0.25) is 0 Å². The minimum Gasteiger partial charge on any atom is -0.464 e. The molecule has 0 saturated heterocycles. The van der Waals surface area contributed by atoms with Gasteiger partial charge in [-0.05, 0) is 151 Å². The number of anilines is 6. The van der Waals surface area contributed by atoms with E-state index in [1.807, 2.05) is 6.26 Å². The van der Waals surface area contributed by atoms with Crippen molar-refractivity contribution in [3.63, 3.8) is 0 Å². The van der Waals surface area contributed by atoms with Gasteiger partial charge < -0.3 is 23.1 Å². The molecule has 5 nitrogen and oxygen atoms in total. The molecule has 16 rings (SSSR count). The molecule has 3 heterocycles. The molecule has 83 heavy (non-hydrogen) atoms. The Morgan fingerprint density at radius 2 is 0.723 bits per heavy atom. The molecule has 0 bridgehead atoms. The fourth-order valence-corrected chi connectivity index (χ4v) is 14.5. The summed E-state index contributed by atoms with van der Waals surface area (Å²) in [6.45, 7) is 23.1. The van der Waals surface area contributed by atoms with Crippen molar-refractivity contribution < 1.29 is 13.3 Å². The van der Waals surface area contributed by atoms with Gasteiger partial charge in [0.15, 0.2) is 0 Å². The van der Waals surface area contributed by atoms with E-state index < -0.39 is 0 Å². The zero-order chi connectivity index (χ0) is 56.6. The van der Waals surface area contributed by atoms with Crippen molar-refractivity contribution in [2.45, 2.75) is 90.9 Å². The molecule has 0 radical (unpaired) electrons. The van der Waals surface area contributed by atoms with Crippen LogP contribution in [0.3, 0.4) is 0 Å². The van der Waals surface area contributed by atoms with Crippen LogP contribution in [0.15, 0.2) is 220 Å². The highest BCUT2D eigenvalue weighted by molar-refractivity contribution is 6.39. The summed E-state index contributed by atoms with van der Waals surface area (Å²) in [5.74, 6) is 0. The summed E-state index contributed by atoms with van der Waals surface area (Å²) in [5.41, 5.74) is 22.7. The molecule has 3 aromatic heterocycles. The van der Waals surface area contributed by atoms with Crippen LogP contribution >= 0.6 is 0 Å². The van der Waals surface area contributed by atoms with Crippen LogP contribution < -0.4 is 9.80 Å². The lowest BCUT2D eigenvalue weighted by Gasteiger charge is -2.30. The van der Waals surface area contributed by atoms with Crippen LogP contribution in [0.25, 0.3) is 98.6 Å². The van der Waals surface area contributed by atoms with Crippen molar-refractivity contribution in [3.05, 3.63) is 240 Å². The van der Waals surface area contributed by atoms with Crippen molar-refractivity contribution in [1.82, 2.24) is 0 Å². The molecule has 0 spiro atoms. The molecule has 2 aliphatic carbocycles. The van der Waals surface area contributed by atoms with Gasteiger partial charge in [0.05, 0.1) is 28.4 Å². The van der Waals surface area contributed by atoms with Crippen molar-refractivity contribution in [3.8, 4) is 22.3 Å². The Morgan fingerprint density at radius 3 is 1.19 bits per heavy atom. The zero-order valence-corrected chi connectivity index (χ0v) is 48.7. The molecule has 0 saturated carbocycles. The largest absolute Gasteiger partial charge is 0.464 e. The van der Waals surface area contributed by atoms with Crippen LogP contribution in [0.1, 0.15) is 103 Å². The highest BCUT2D eigenvalue weighted by Crippen LogP contribution is 2.57. The van der Waals surface area contributed by atoms with E-state index in [0.717, 1.165) is 111 Å². The number of nitrogens with zero attached hydrogens (tertiary/aromatic N) is 2. The first-order valence-corrected chi connectivity index (χ1v) is 29.3. The topological polar surface area (TPSA) is 45.9 Å². The normalized spacial score (nSPS) is 14.3.